The molecule has 0 aliphatic rings. The highest BCUT2D eigenvalue weighted by Gasteiger charge is 2.14. The monoisotopic (exact) mass is 515 g/mol. The molecule has 0 aliphatic carbocycles. The summed E-state index contributed by atoms with van der Waals surface area (Å²) in [4.78, 5) is 23.0. The van der Waals surface area contributed by atoms with Crippen LogP contribution in [0.15, 0.2) is 72.8 Å². The fourth-order valence-corrected chi connectivity index (χ4v) is 4.28. The van der Waals surface area contributed by atoms with Crippen LogP contribution < -0.4 is 10.1 Å². The molecule has 0 saturated heterocycles. The van der Waals surface area contributed by atoms with E-state index in [0.29, 0.717) is 18.6 Å². The average molecular weight is 516 g/mol. The maximum Gasteiger partial charge on any atom is 0.303 e. The lowest BCUT2D eigenvalue weighted by molar-refractivity contribution is -0.137. The standard InChI is InChI=1S/C33H41NO4/c1-5-6-8-29(34-28-19-13-26(14-20-28)31(35)9-7-10-32(36)37)23-38-30-21-15-25(16-22-30)24-11-17-27(18-12-24)33(2,3)4/h11-22,29,34H,5-10,23H2,1-4H3,(H,36,37)/t29-/m0/s1. The van der Waals surface area contributed by atoms with Crippen LogP contribution in [0, 0.1) is 0 Å². The Morgan fingerprint density at radius 1 is 0.842 bits per heavy atom. The van der Waals surface area contributed by atoms with Crippen LogP contribution >= 0.6 is 0 Å². The lowest BCUT2D eigenvalue weighted by Crippen LogP contribution is -2.27. The van der Waals surface area contributed by atoms with Crippen molar-refractivity contribution in [1.29, 1.82) is 0 Å². The van der Waals surface area contributed by atoms with E-state index in [1.54, 1.807) is 12.1 Å². The summed E-state index contributed by atoms with van der Waals surface area (Å²) in [6, 6.07) is 24.5. The zero-order valence-electron chi connectivity index (χ0n) is 23.1. The molecule has 0 spiro atoms. The molecule has 202 valence electrons. The second-order valence-electron chi connectivity index (χ2n) is 10.9. The normalized spacial score (nSPS) is 12.1. The highest BCUT2D eigenvalue weighted by molar-refractivity contribution is 5.96. The van der Waals surface area contributed by atoms with Crippen LogP contribution in [0.25, 0.3) is 11.1 Å². The van der Waals surface area contributed by atoms with Crippen molar-refractivity contribution in [3.05, 3.63) is 83.9 Å². The van der Waals surface area contributed by atoms with Gasteiger partial charge in [-0.05, 0) is 71.3 Å². The van der Waals surface area contributed by atoms with Crippen LogP contribution in [0.1, 0.15) is 82.1 Å². The molecule has 0 aliphatic heterocycles. The van der Waals surface area contributed by atoms with E-state index in [2.05, 4.69) is 69.4 Å². The minimum atomic E-state index is -0.875. The van der Waals surface area contributed by atoms with Gasteiger partial charge in [0.05, 0.1) is 6.04 Å². The molecule has 0 saturated carbocycles. The molecule has 0 aromatic heterocycles. The van der Waals surface area contributed by atoms with E-state index in [4.69, 9.17) is 9.84 Å². The van der Waals surface area contributed by atoms with E-state index in [-0.39, 0.29) is 30.1 Å². The second kappa shape index (κ2) is 13.8. The van der Waals surface area contributed by atoms with E-state index in [1.807, 2.05) is 24.3 Å². The highest BCUT2D eigenvalue weighted by atomic mass is 16.5. The third-order valence-electron chi connectivity index (χ3n) is 6.67. The van der Waals surface area contributed by atoms with Crippen LogP contribution in [-0.2, 0) is 10.2 Å². The SMILES string of the molecule is CCCC[C@@H](COc1ccc(-c2ccc(C(C)(C)C)cc2)cc1)Nc1ccc(C(=O)CCCC(=O)O)cc1. The minimum absolute atomic E-state index is 0.0117. The quantitative estimate of drug-likeness (QED) is 0.212. The number of carbonyl (C=O) groups is 2. The summed E-state index contributed by atoms with van der Waals surface area (Å²) < 4.78 is 6.15. The van der Waals surface area contributed by atoms with Crippen molar-refractivity contribution in [2.75, 3.05) is 11.9 Å². The second-order valence-corrected chi connectivity index (χ2v) is 10.9. The van der Waals surface area contributed by atoms with E-state index < -0.39 is 5.97 Å². The molecule has 3 aromatic carbocycles. The van der Waals surface area contributed by atoms with Crippen LogP contribution in [0.3, 0.4) is 0 Å². The first-order valence-electron chi connectivity index (χ1n) is 13.6. The van der Waals surface area contributed by atoms with Gasteiger partial charge >= 0.3 is 5.97 Å². The summed E-state index contributed by atoms with van der Waals surface area (Å²) in [6.45, 7) is 9.38. The van der Waals surface area contributed by atoms with Gasteiger partial charge in [-0.2, -0.15) is 0 Å². The number of Topliss-reactive ketones (excluding diaryl/α,β-unsaturated/α-hetero) is 1. The predicted molar refractivity (Wildman–Crippen MR) is 155 cm³/mol. The Balaban J connectivity index is 1.56. The van der Waals surface area contributed by atoms with Crippen molar-refractivity contribution < 1.29 is 19.4 Å². The van der Waals surface area contributed by atoms with Gasteiger partial charge in [-0.1, -0.05) is 76.9 Å². The molecular formula is C33H41NO4. The third-order valence-corrected chi connectivity index (χ3v) is 6.67. The molecule has 0 unspecified atom stereocenters. The van der Waals surface area contributed by atoms with Crippen LogP contribution in [-0.4, -0.2) is 29.5 Å². The summed E-state index contributed by atoms with van der Waals surface area (Å²) in [5.41, 5.74) is 5.36. The van der Waals surface area contributed by atoms with Gasteiger partial charge in [0.15, 0.2) is 5.78 Å². The Morgan fingerprint density at radius 3 is 2.00 bits per heavy atom. The summed E-state index contributed by atoms with van der Waals surface area (Å²) in [5.74, 6) is -0.0672. The Kier molecular flexibility index (Phi) is 10.5. The lowest BCUT2D eigenvalue weighted by atomic mass is 9.86. The number of unbranched alkanes of at least 4 members (excludes halogenated alkanes) is 1. The van der Waals surface area contributed by atoms with Gasteiger partial charge in [-0.3, -0.25) is 9.59 Å². The molecule has 1 atom stereocenters. The number of rotatable bonds is 14. The topological polar surface area (TPSA) is 75.6 Å². The van der Waals surface area contributed by atoms with Gasteiger partial charge < -0.3 is 15.2 Å². The third kappa shape index (κ3) is 9.05. The number of hydrogen-bond acceptors (Lipinski definition) is 4. The molecule has 0 amide bonds. The Hall–Kier alpha value is -3.60. The summed E-state index contributed by atoms with van der Waals surface area (Å²) in [5, 5.41) is 12.3. The number of ketones is 1. The molecular weight excluding hydrogens is 474 g/mol. The first kappa shape index (κ1) is 29.0. The van der Waals surface area contributed by atoms with Gasteiger partial charge in [-0.15, -0.1) is 0 Å². The highest BCUT2D eigenvalue weighted by Crippen LogP contribution is 2.27. The van der Waals surface area contributed by atoms with Crippen molar-refractivity contribution in [1.82, 2.24) is 0 Å². The smallest absolute Gasteiger partial charge is 0.303 e. The fraction of sp³-hybridized carbons (Fsp3) is 0.394. The van der Waals surface area contributed by atoms with Crippen molar-refractivity contribution in [3.8, 4) is 16.9 Å². The summed E-state index contributed by atoms with van der Waals surface area (Å²) >= 11 is 0. The largest absolute Gasteiger partial charge is 0.491 e. The van der Waals surface area contributed by atoms with Crippen molar-refractivity contribution in [2.24, 2.45) is 0 Å². The molecule has 0 bridgehead atoms. The molecule has 0 radical (unpaired) electrons. The number of carboxylic acids is 1. The molecule has 3 aromatic rings. The van der Waals surface area contributed by atoms with Gasteiger partial charge in [0.2, 0.25) is 0 Å². The zero-order valence-corrected chi connectivity index (χ0v) is 23.1. The molecule has 3 rings (SSSR count). The Labute approximate surface area is 227 Å². The van der Waals surface area contributed by atoms with E-state index >= 15 is 0 Å². The number of anilines is 1. The molecule has 5 nitrogen and oxygen atoms in total. The maximum atomic E-state index is 12.3. The van der Waals surface area contributed by atoms with Crippen molar-refractivity contribution in [3.63, 3.8) is 0 Å². The Bertz CT molecular complexity index is 1160. The van der Waals surface area contributed by atoms with Gasteiger partial charge in [0, 0.05) is 24.1 Å². The number of ether oxygens (including phenoxy) is 1. The average Bonchev–Trinajstić information content (AvgIpc) is 2.90. The number of carbonyl (C=O) groups excluding carboxylic acids is 1. The fourth-order valence-electron chi connectivity index (χ4n) is 4.28. The van der Waals surface area contributed by atoms with Crippen LogP contribution in [0.2, 0.25) is 0 Å². The molecule has 0 heterocycles. The van der Waals surface area contributed by atoms with Crippen LogP contribution in [0.4, 0.5) is 5.69 Å². The van der Waals surface area contributed by atoms with Gasteiger partial charge in [0.1, 0.15) is 12.4 Å². The molecule has 2 N–H and O–H groups in total. The first-order valence-corrected chi connectivity index (χ1v) is 13.6. The van der Waals surface area contributed by atoms with E-state index in [9.17, 15) is 9.59 Å². The zero-order chi connectivity index (χ0) is 27.5. The number of benzene rings is 3. The number of hydrogen-bond donors (Lipinski definition) is 2. The van der Waals surface area contributed by atoms with Crippen molar-refractivity contribution >= 4 is 17.4 Å². The van der Waals surface area contributed by atoms with E-state index in [1.165, 1.54) is 11.1 Å². The predicted octanol–water partition coefficient (Wildman–Crippen LogP) is 8.14. The molecule has 5 heteroatoms. The number of carboxylic acid groups (broad SMARTS) is 1. The van der Waals surface area contributed by atoms with Gasteiger partial charge in [0.25, 0.3) is 0 Å². The van der Waals surface area contributed by atoms with Gasteiger partial charge in [-0.25, -0.2) is 0 Å². The first-order chi connectivity index (χ1) is 18.2. The molecule has 0 fully saturated rings. The molecule has 38 heavy (non-hydrogen) atoms. The lowest BCUT2D eigenvalue weighted by Gasteiger charge is -2.21. The summed E-state index contributed by atoms with van der Waals surface area (Å²) in [7, 11) is 0. The minimum Gasteiger partial charge on any atom is -0.491 e. The van der Waals surface area contributed by atoms with Crippen LogP contribution in [0.5, 0.6) is 5.75 Å². The number of aliphatic carboxylic acids is 1. The Morgan fingerprint density at radius 2 is 1.45 bits per heavy atom. The van der Waals surface area contributed by atoms with Crippen molar-refractivity contribution in [2.45, 2.75) is 77.7 Å². The number of nitrogens with one attached hydrogen (secondary N) is 1. The maximum absolute atomic E-state index is 12.3. The summed E-state index contributed by atoms with van der Waals surface area (Å²) in [6.07, 6.45) is 3.78. The van der Waals surface area contributed by atoms with E-state index in [0.717, 1.165) is 36.3 Å².